The normalized spacial score (nSPS) is 9.93. The number of hydrogen-bond acceptors (Lipinski definition) is 6. The van der Waals surface area contributed by atoms with E-state index in [1.165, 1.54) is 6.07 Å². The van der Waals surface area contributed by atoms with Crippen LogP contribution in [-0.4, -0.2) is 15.1 Å². The molecule has 1 aromatic rings. The topological polar surface area (TPSA) is 119 Å². The molecule has 15 heavy (non-hydrogen) atoms. The lowest BCUT2D eigenvalue weighted by atomic mass is 10.1. The zero-order chi connectivity index (χ0) is 11.4. The first-order valence-corrected chi connectivity index (χ1v) is 3.85. The van der Waals surface area contributed by atoms with Gasteiger partial charge in [-0.15, -0.1) is 0 Å². The van der Waals surface area contributed by atoms with Crippen LogP contribution in [0.2, 0.25) is 0 Å². The van der Waals surface area contributed by atoms with Crippen molar-refractivity contribution in [1.29, 1.82) is 0 Å². The Labute approximate surface area is 83.4 Å². The Hall–Kier alpha value is -2.06. The van der Waals surface area contributed by atoms with Crippen LogP contribution < -0.4 is 5.48 Å². The summed E-state index contributed by atoms with van der Waals surface area (Å²) in [6.07, 6.45) is 0. The predicted octanol–water partition coefficient (Wildman–Crippen LogP) is 0.982. The molecule has 8 heteroatoms. The maximum Gasteiger partial charge on any atom is 0.280 e. The van der Waals surface area contributed by atoms with Crippen LogP contribution in [0.5, 0.6) is 0 Å². The van der Waals surface area contributed by atoms with E-state index in [1.54, 1.807) is 5.48 Å². The third-order valence-electron chi connectivity index (χ3n) is 1.75. The van der Waals surface area contributed by atoms with Gasteiger partial charge in [0.05, 0.1) is 22.5 Å². The van der Waals surface area contributed by atoms with Crippen molar-refractivity contribution in [3.8, 4) is 0 Å². The van der Waals surface area contributed by atoms with Crippen LogP contribution >= 0.6 is 0 Å². The van der Waals surface area contributed by atoms with Crippen LogP contribution in [0.4, 0.5) is 11.4 Å². The van der Waals surface area contributed by atoms with E-state index >= 15 is 0 Å². The SMILES string of the molecule is O=[N+]([O-])c1ccc(CNO)c([N+](=O)[O-])c1. The number of hydrogen-bond donors (Lipinski definition) is 2. The lowest BCUT2D eigenvalue weighted by Gasteiger charge is -2.00. The molecule has 0 amide bonds. The monoisotopic (exact) mass is 213 g/mol. The zero-order valence-electron chi connectivity index (χ0n) is 7.41. The number of nitrogens with one attached hydrogen (secondary N) is 1. The molecule has 0 aliphatic rings. The highest BCUT2D eigenvalue weighted by molar-refractivity contribution is 5.48. The first kappa shape index (κ1) is 11.0. The van der Waals surface area contributed by atoms with Crippen molar-refractivity contribution in [2.24, 2.45) is 0 Å². The second-order valence-electron chi connectivity index (χ2n) is 2.66. The first-order valence-electron chi connectivity index (χ1n) is 3.85. The summed E-state index contributed by atoms with van der Waals surface area (Å²) in [4.78, 5) is 19.5. The lowest BCUT2D eigenvalue weighted by molar-refractivity contribution is -0.394. The average Bonchev–Trinajstić information content (AvgIpc) is 2.18. The van der Waals surface area contributed by atoms with E-state index in [4.69, 9.17) is 5.21 Å². The molecule has 0 radical (unpaired) electrons. The Morgan fingerprint density at radius 1 is 1.27 bits per heavy atom. The fourth-order valence-corrected chi connectivity index (χ4v) is 1.07. The molecule has 0 bridgehead atoms. The summed E-state index contributed by atoms with van der Waals surface area (Å²) in [6, 6.07) is 3.21. The van der Waals surface area contributed by atoms with Gasteiger partial charge in [0.15, 0.2) is 0 Å². The second-order valence-corrected chi connectivity index (χ2v) is 2.66. The van der Waals surface area contributed by atoms with Crippen LogP contribution in [0.25, 0.3) is 0 Å². The van der Waals surface area contributed by atoms with Crippen LogP contribution in [0, 0.1) is 20.2 Å². The van der Waals surface area contributed by atoms with Gasteiger partial charge in [0, 0.05) is 11.6 Å². The lowest BCUT2D eigenvalue weighted by Crippen LogP contribution is -2.08. The van der Waals surface area contributed by atoms with Gasteiger partial charge >= 0.3 is 0 Å². The summed E-state index contributed by atoms with van der Waals surface area (Å²) in [5, 5.41) is 29.3. The van der Waals surface area contributed by atoms with E-state index in [2.05, 4.69) is 0 Å². The summed E-state index contributed by atoms with van der Waals surface area (Å²) in [5.41, 5.74) is 1.17. The maximum absolute atomic E-state index is 10.5. The molecule has 0 unspecified atom stereocenters. The Bertz CT molecular complexity index is 406. The molecule has 0 fully saturated rings. The van der Waals surface area contributed by atoms with Crippen molar-refractivity contribution in [2.45, 2.75) is 6.54 Å². The van der Waals surface area contributed by atoms with Gasteiger partial charge in [-0.25, -0.2) is 5.48 Å². The third-order valence-corrected chi connectivity index (χ3v) is 1.75. The van der Waals surface area contributed by atoms with Gasteiger partial charge in [-0.05, 0) is 6.07 Å². The maximum atomic E-state index is 10.5. The predicted molar refractivity (Wildman–Crippen MR) is 48.4 cm³/mol. The first-order chi connectivity index (χ1) is 7.06. The Kier molecular flexibility index (Phi) is 3.26. The van der Waals surface area contributed by atoms with Gasteiger partial charge in [-0.1, -0.05) is 0 Å². The van der Waals surface area contributed by atoms with Gasteiger partial charge in [-0.2, -0.15) is 0 Å². The third kappa shape index (κ3) is 2.45. The van der Waals surface area contributed by atoms with E-state index in [0.717, 1.165) is 12.1 Å². The van der Waals surface area contributed by atoms with Crippen LogP contribution in [-0.2, 0) is 6.54 Å². The van der Waals surface area contributed by atoms with E-state index in [0.29, 0.717) is 0 Å². The summed E-state index contributed by atoms with van der Waals surface area (Å²) < 4.78 is 0. The fourth-order valence-electron chi connectivity index (χ4n) is 1.07. The minimum absolute atomic E-state index is 0.145. The average molecular weight is 213 g/mol. The van der Waals surface area contributed by atoms with E-state index in [1.807, 2.05) is 0 Å². The molecule has 0 spiro atoms. The summed E-state index contributed by atoms with van der Waals surface area (Å²) in [6.45, 7) is -0.145. The highest BCUT2D eigenvalue weighted by atomic mass is 16.6. The van der Waals surface area contributed by atoms with Gasteiger partial charge < -0.3 is 5.21 Å². The summed E-state index contributed by atoms with van der Waals surface area (Å²) >= 11 is 0. The molecule has 1 aromatic carbocycles. The minimum atomic E-state index is -0.736. The number of benzene rings is 1. The molecule has 0 saturated heterocycles. The molecule has 0 atom stereocenters. The molecule has 80 valence electrons. The Morgan fingerprint density at radius 2 is 1.93 bits per heavy atom. The molecule has 0 aliphatic carbocycles. The molecule has 2 N–H and O–H groups in total. The number of nitro groups is 2. The van der Waals surface area contributed by atoms with Crippen molar-refractivity contribution >= 4 is 11.4 Å². The van der Waals surface area contributed by atoms with E-state index in [-0.39, 0.29) is 17.8 Å². The molecule has 0 aromatic heterocycles. The largest absolute Gasteiger partial charge is 0.316 e. The molecule has 1 rings (SSSR count). The van der Waals surface area contributed by atoms with Crippen LogP contribution in [0.1, 0.15) is 5.56 Å². The smallest absolute Gasteiger partial charge is 0.280 e. The number of rotatable bonds is 4. The second kappa shape index (κ2) is 4.44. The van der Waals surface area contributed by atoms with Crippen molar-refractivity contribution in [3.05, 3.63) is 44.0 Å². The molecular formula is C7H7N3O5. The van der Waals surface area contributed by atoms with E-state index < -0.39 is 15.5 Å². The van der Waals surface area contributed by atoms with Crippen molar-refractivity contribution < 1.29 is 15.1 Å². The minimum Gasteiger partial charge on any atom is -0.316 e. The van der Waals surface area contributed by atoms with Gasteiger partial charge in [0.25, 0.3) is 11.4 Å². The number of nitro benzene ring substituents is 2. The van der Waals surface area contributed by atoms with Crippen molar-refractivity contribution in [2.75, 3.05) is 0 Å². The van der Waals surface area contributed by atoms with Gasteiger partial charge in [0.1, 0.15) is 0 Å². The summed E-state index contributed by atoms with van der Waals surface area (Å²) in [7, 11) is 0. The molecular weight excluding hydrogens is 206 g/mol. The summed E-state index contributed by atoms with van der Waals surface area (Å²) in [5.74, 6) is 0. The van der Waals surface area contributed by atoms with Crippen molar-refractivity contribution in [3.63, 3.8) is 0 Å². The quantitative estimate of drug-likeness (QED) is 0.568. The van der Waals surface area contributed by atoms with Gasteiger partial charge in [0.2, 0.25) is 0 Å². The molecule has 0 heterocycles. The zero-order valence-corrected chi connectivity index (χ0v) is 7.41. The van der Waals surface area contributed by atoms with E-state index in [9.17, 15) is 20.2 Å². The van der Waals surface area contributed by atoms with Crippen LogP contribution in [0.3, 0.4) is 0 Å². The Morgan fingerprint density at radius 3 is 2.40 bits per heavy atom. The molecule has 0 aliphatic heterocycles. The highest BCUT2D eigenvalue weighted by Crippen LogP contribution is 2.24. The highest BCUT2D eigenvalue weighted by Gasteiger charge is 2.18. The fraction of sp³-hybridized carbons (Fsp3) is 0.143. The molecule has 0 saturated carbocycles. The standard InChI is InChI=1S/C7H7N3O5/c11-8-4-5-1-2-6(9(12)13)3-7(5)10(14)15/h1-3,8,11H,4H2. The van der Waals surface area contributed by atoms with Crippen molar-refractivity contribution in [1.82, 2.24) is 5.48 Å². The number of non-ortho nitro benzene ring substituents is 1. The Balaban J connectivity index is 3.20. The molecule has 8 nitrogen and oxygen atoms in total. The number of nitrogens with zero attached hydrogens (tertiary/aromatic N) is 2. The van der Waals surface area contributed by atoms with Gasteiger partial charge in [-0.3, -0.25) is 20.2 Å². The van der Waals surface area contributed by atoms with Crippen LogP contribution in [0.15, 0.2) is 18.2 Å². The number of hydroxylamine groups is 1.